The third-order valence-electron chi connectivity index (χ3n) is 13.3. The van der Waals surface area contributed by atoms with Crippen molar-refractivity contribution in [1.29, 1.82) is 0 Å². The molecule has 1 unspecified atom stereocenters. The summed E-state index contributed by atoms with van der Waals surface area (Å²) in [6, 6.07) is 32.8. The number of piperidine rings is 1. The highest BCUT2D eigenvalue weighted by Crippen LogP contribution is 2.52. The molecule has 2 bridgehead atoms. The van der Waals surface area contributed by atoms with E-state index in [1.165, 1.54) is 34.8 Å². The molecule has 12 nitrogen and oxygen atoms in total. The largest absolute Gasteiger partial charge is 1.00 e. The molecule has 0 radical (unpaired) electrons. The maximum Gasteiger partial charge on any atom is 0.349 e. The number of esters is 1. The standard InChI is InChI=1S/C33H35FN2O5.C19H22NO4S2.BrH/c1-21(2)31-30(33(41)35-25-11-7-4-8-12-25)29(22-9-5-3-6-10-22)32(23-13-15-24(34)16-14-23)36(31)18-17-26(37)19-27(38)20-28(39)40;1-20(2)12-9-11(10-13(20)17-16(12)24-17)23-18(21)19(22,14-5-3-7-25-14)15-6-4-8-26-15;/h3-16,21,26-27,37-38H,17-20H2,1-2H3,(H,35,41)(H,39,40);3-8,11-13,16-17,22H,9-10H2,1-2H3;1H/q;+1;/p-1/t26-,27-;11?,12-,13+,16-,17+;/m1../s1. The fourth-order valence-electron chi connectivity index (χ4n) is 10.0. The van der Waals surface area contributed by atoms with Crippen LogP contribution in [0, 0.1) is 5.82 Å². The number of halogens is 2. The van der Waals surface area contributed by atoms with Crippen LogP contribution in [0.2, 0.25) is 0 Å². The summed E-state index contributed by atoms with van der Waals surface area (Å²) in [5.41, 5.74) is 3.05. The highest BCUT2D eigenvalue weighted by molar-refractivity contribution is 7.12. The zero-order chi connectivity index (χ0) is 47.6. The number of likely N-dealkylation sites (N-methyl/N-ethyl adjacent to an activating group) is 1. The van der Waals surface area contributed by atoms with E-state index >= 15 is 0 Å². The minimum atomic E-state index is -1.72. The van der Waals surface area contributed by atoms with Gasteiger partial charge >= 0.3 is 11.9 Å². The summed E-state index contributed by atoms with van der Waals surface area (Å²) < 4.78 is 28.6. The number of hydrogen-bond donors (Lipinski definition) is 5. The van der Waals surface area contributed by atoms with Gasteiger partial charge in [-0.25, -0.2) is 9.18 Å². The van der Waals surface area contributed by atoms with Crippen LogP contribution in [0.3, 0.4) is 0 Å². The van der Waals surface area contributed by atoms with Gasteiger partial charge in [-0.05, 0) is 89.2 Å². The van der Waals surface area contributed by atoms with Gasteiger partial charge in [0, 0.05) is 36.3 Å². The second kappa shape index (κ2) is 21.3. The minimum Gasteiger partial charge on any atom is -1.00 e. The first-order valence-corrected chi connectivity index (χ1v) is 24.4. The fraction of sp³-hybridized carbons (Fsp3) is 0.365. The molecule has 7 atom stereocenters. The summed E-state index contributed by atoms with van der Waals surface area (Å²) in [5, 5.41) is 47.9. The number of amides is 1. The van der Waals surface area contributed by atoms with Crippen LogP contribution in [0.5, 0.6) is 0 Å². The predicted octanol–water partition coefficient (Wildman–Crippen LogP) is 5.66. The number of hydrogen-bond acceptors (Lipinski definition) is 10. The van der Waals surface area contributed by atoms with E-state index in [1.807, 2.05) is 102 Å². The molecule has 0 spiro atoms. The summed E-state index contributed by atoms with van der Waals surface area (Å²) >= 11 is 2.74. The number of para-hydroxylation sites is 1. The fourth-order valence-corrected chi connectivity index (χ4v) is 11.7. The van der Waals surface area contributed by atoms with Crippen molar-refractivity contribution < 1.29 is 70.1 Å². The Bertz CT molecular complexity index is 2590. The Kier molecular flexibility index (Phi) is 15.9. The second-order valence-corrected chi connectivity index (χ2v) is 20.3. The lowest BCUT2D eigenvalue weighted by atomic mass is 9.94. The van der Waals surface area contributed by atoms with Gasteiger partial charge in [-0.15, -0.1) is 22.7 Å². The quantitative estimate of drug-likeness (QED) is 0.0467. The zero-order valence-corrected chi connectivity index (χ0v) is 41.4. The lowest BCUT2D eigenvalue weighted by molar-refractivity contribution is -0.938. The molecule has 0 saturated carbocycles. The Morgan fingerprint density at radius 1 is 0.838 bits per heavy atom. The van der Waals surface area contributed by atoms with Crippen LogP contribution >= 0.6 is 22.7 Å². The maximum absolute atomic E-state index is 14.0. The number of rotatable bonds is 16. The van der Waals surface area contributed by atoms with Gasteiger partial charge in [0.1, 0.15) is 36.2 Å². The molecule has 5 N–H and O–H groups in total. The molecule has 6 aromatic rings. The Labute approximate surface area is 414 Å². The average Bonchev–Trinajstić information content (AvgIpc) is 3.66. The molecule has 68 heavy (non-hydrogen) atoms. The van der Waals surface area contributed by atoms with E-state index in [2.05, 4.69) is 19.4 Å². The first kappa shape index (κ1) is 50.8. The van der Waals surface area contributed by atoms with Crippen molar-refractivity contribution in [3.63, 3.8) is 0 Å². The number of carbonyl (C=O) groups is 3. The Morgan fingerprint density at radius 3 is 1.94 bits per heavy atom. The molecule has 3 fully saturated rings. The van der Waals surface area contributed by atoms with Crippen molar-refractivity contribution in [3.05, 3.63) is 147 Å². The van der Waals surface area contributed by atoms with Crippen molar-refractivity contribution >= 4 is 46.2 Å². The van der Waals surface area contributed by atoms with E-state index in [9.17, 15) is 34.1 Å². The number of aliphatic carboxylic acids is 1. The third-order valence-corrected chi connectivity index (χ3v) is 15.2. The number of fused-ring (bicyclic) bond motifs is 5. The van der Waals surface area contributed by atoms with Crippen molar-refractivity contribution in [2.24, 2.45) is 0 Å². The summed E-state index contributed by atoms with van der Waals surface area (Å²) in [6.45, 7) is 4.25. The number of aliphatic hydroxyl groups is 3. The topological polar surface area (TPSA) is 171 Å². The van der Waals surface area contributed by atoms with E-state index in [4.69, 9.17) is 14.6 Å². The van der Waals surface area contributed by atoms with Crippen LogP contribution in [0.15, 0.2) is 120 Å². The molecule has 16 heteroatoms. The number of epoxide rings is 1. The van der Waals surface area contributed by atoms with Crippen LogP contribution in [0.4, 0.5) is 10.1 Å². The smallest absolute Gasteiger partial charge is 0.349 e. The number of carboxylic acids is 1. The molecular weight excluding hydrogens is 974 g/mol. The van der Waals surface area contributed by atoms with E-state index in [0.29, 0.717) is 62.1 Å². The number of morpholine rings is 1. The highest BCUT2D eigenvalue weighted by atomic mass is 79.9. The van der Waals surface area contributed by atoms with Crippen molar-refractivity contribution in [2.75, 3.05) is 19.4 Å². The first-order valence-electron chi connectivity index (χ1n) is 22.6. The van der Waals surface area contributed by atoms with Crippen LogP contribution in [0.25, 0.3) is 22.4 Å². The summed E-state index contributed by atoms with van der Waals surface area (Å²) in [7, 11) is 4.49. The van der Waals surface area contributed by atoms with E-state index in [-0.39, 0.29) is 60.1 Å². The van der Waals surface area contributed by atoms with Crippen molar-refractivity contribution in [2.45, 2.75) is 107 Å². The molecule has 9 rings (SSSR count). The molecule has 3 aliphatic heterocycles. The van der Waals surface area contributed by atoms with E-state index < -0.39 is 36.2 Å². The van der Waals surface area contributed by atoms with Gasteiger partial charge in [-0.1, -0.05) is 74.5 Å². The Morgan fingerprint density at radius 2 is 1.41 bits per heavy atom. The number of aliphatic hydroxyl groups excluding tert-OH is 2. The zero-order valence-electron chi connectivity index (χ0n) is 38.2. The number of anilines is 1. The normalized spacial score (nSPS) is 20.8. The lowest BCUT2D eigenvalue weighted by Crippen LogP contribution is -3.00. The number of carboxylic acid groups (broad SMARTS) is 1. The van der Waals surface area contributed by atoms with Crippen molar-refractivity contribution in [3.8, 4) is 22.4 Å². The molecule has 6 heterocycles. The molecule has 360 valence electrons. The summed E-state index contributed by atoms with van der Waals surface area (Å²) in [4.78, 5) is 39.4. The van der Waals surface area contributed by atoms with Gasteiger partial charge in [0.05, 0.1) is 53.7 Å². The number of ether oxygens (including phenoxy) is 2. The number of aromatic nitrogens is 1. The minimum absolute atomic E-state index is 0. The molecule has 1 amide bonds. The lowest BCUT2D eigenvalue weighted by Gasteiger charge is -2.45. The van der Waals surface area contributed by atoms with E-state index in [1.54, 1.807) is 24.3 Å². The molecule has 3 aromatic carbocycles. The van der Waals surface area contributed by atoms with E-state index in [0.717, 1.165) is 28.6 Å². The van der Waals surface area contributed by atoms with Crippen LogP contribution in [-0.4, -0.2) is 104 Å². The van der Waals surface area contributed by atoms with Crippen LogP contribution in [-0.2, 0) is 31.2 Å². The molecule has 3 saturated heterocycles. The average molecular weight is 1030 g/mol. The Balaban J connectivity index is 0.000000217. The van der Waals surface area contributed by atoms with Gasteiger partial charge in [0.25, 0.3) is 5.91 Å². The number of benzene rings is 3. The summed E-state index contributed by atoms with van der Waals surface area (Å²) in [6.07, 6.45) is -0.458. The maximum atomic E-state index is 14.0. The highest BCUT2D eigenvalue weighted by Gasteiger charge is 2.71. The summed E-state index contributed by atoms with van der Waals surface area (Å²) in [5.74, 6) is -2.50. The van der Waals surface area contributed by atoms with Gasteiger partial charge < -0.3 is 61.2 Å². The number of carbonyl (C=O) groups excluding carboxylic acids is 2. The molecular formula is C52H57BrFN3O9S2. The number of nitrogens with zero attached hydrogens (tertiary/aromatic N) is 2. The van der Waals surface area contributed by atoms with Crippen LogP contribution < -0.4 is 22.3 Å². The van der Waals surface area contributed by atoms with Gasteiger partial charge in [0.2, 0.25) is 5.60 Å². The molecule has 0 aliphatic carbocycles. The van der Waals surface area contributed by atoms with Crippen LogP contribution in [0.1, 0.15) is 77.7 Å². The Hall–Kier alpha value is -5.04. The number of quaternary nitrogens is 1. The van der Waals surface area contributed by atoms with Gasteiger partial charge in [0.15, 0.2) is 0 Å². The monoisotopic (exact) mass is 1030 g/mol. The number of nitrogens with one attached hydrogen (secondary N) is 1. The number of thiophene rings is 2. The predicted molar refractivity (Wildman–Crippen MR) is 256 cm³/mol. The third kappa shape index (κ3) is 10.6. The van der Waals surface area contributed by atoms with Gasteiger partial charge in [-0.2, -0.15) is 0 Å². The SMILES string of the molecule is CC(C)c1c(C(=O)Nc2ccccc2)c(-c2ccccc2)c(-c2ccc(F)cc2)n1CC[C@@H](O)C[C@@H](O)CC(=O)O.C[N+]1(C)[C@@H]2CC(OC(=O)C(O)(c3cccs3)c3cccs3)C[C@H]1[C@@H]1O[C@@H]12.[Br-]. The van der Waals surface area contributed by atoms with Gasteiger partial charge in [-0.3, -0.25) is 9.59 Å². The molecule has 3 aromatic heterocycles. The van der Waals surface area contributed by atoms with Crippen molar-refractivity contribution in [1.82, 2.24) is 4.57 Å². The second-order valence-electron chi connectivity index (χ2n) is 18.4. The first-order chi connectivity index (χ1) is 32.1. The molecule has 3 aliphatic rings.